The van der Waals surface area contributed by atoms with E-state index in [1.54, 1.807) is 0 Å². The van der Waals surface area contributed by atoms with Gasteiger partial charge in [0, 0.05) is 6.07 Å². The summed E-state index contributed by atoms with van der Waals surface area (Å²) in [6, 6.07) is 3.12. The molecule has 0 unspecified atom stereocenters. The van der Waals surface area contributed by atoms with Crippen LogP contribution in [0.25, 0.3) is 11.3 Å². The summed E-state index contributed by atoms with van der Waals surface area (Å²) >= 11 is 0. The molecule has 2 rings (SSSR count). The molecule has 0 saturated carbocycles. The molecule has 2 aromatic rings. The Balaban J connectivity index is 2.56. The fraction of sp³-hybridized carbons (Fsp3) is 0.100. The molecular formula is C10H8FN3O3. The highest BCUT2D eigenvalue weighted by molar-refractivity contribution is 5.68. The molecule has 0 aliphatic rings. The van der Waals surface area contributed by atoms with Crippen molar-refractivity contribution >= 4 is 5.69 Å². The molecule has 0 aliphatic carbocycles. The summed E-state index contributed by atoms with van der Waals surface area (Å²) in [5.41, 5.74) is 5.10. The molecular weight excluding hydrogens is 229 g/mol. The van der Waals surface area contributed by atoms with Gasteiger partial charge in [-0.2, -0.15) is 0 Å². The zero-order chi connectivity index (χ0) is 12.4. The molecule has 0 spiro atoms. The number of aromatic nitrogens is 1. The molecule has 1 aromatic carbocycles. The van der Waals surface area contributed by atoms with Crippen molar-refractivity contribution < 1.29 is 13.7 Å². The van der Waals surface area contributed by atoms with Crippen molar-refractivity contribution in [2.45, 2.75) is 6.54 Å². The van der Waals surface area contributed by atoms with Gasteiger partial charge in [-0.05, 0) is 12.1 Å². The second-order valence-corrected chi connectivity index (χ2v) is 3.24. The third kappa shape index (κ3) is 2.13. The number of nitrogens with two attached hydrogens (primary N) is 1. The lowest BCUT2D eigenvalue weighted by Gasteiger charge is -1.99. The van der Waals surface area contributed by atoms with Crippen LogP contribution in [0.15, 0.2) is 28.8 Å². The lowest BCUT2D eigenvalue weighted by atomic mass is 10.1. The largest absolute Gasteiger partial charge is 0.439 e. The van der Waals surface area contributed by atoms with Gasteiger partial charge in [-0.1, -0.05) is 0 Å². The summed E-state index contributed by atoms with van der Waals surface area (Å²) in [6.07, 6.45) is 1.28. The molecule has 88 valence electrons. The van der Waals surface area contributed by atoms with Gasteiger partial charge >= 0.3 is 0 Å². The van der Waals surface area contributed by atoms with Crippen LogP contribution >= 0.6 is 0 Å². The monoisotopic (exact) mass is 237 g/mol. The van der Waals surface area contributed by atoms with Crippen LogP contribution in [0.5, 0.6) is 0 Å². The Labute approximate surface area is 95.0 Å². The van der Waals surface area contributed by atoms with E-state index in [2.05, 4.69) is 4.98 Å². The molecule has 17 heavy (non-hydrogen) atoms. The van der Waals surface area contributed by atoms with Gasteiger partial charge in [0.15, 0.2) is 5.76 Å². The van der Waals surface area contributed by atoms with Gasteiger partial charge in [0.05, 0.1) is 23.2 Å². The zero-order valence-electron chi connectivity index (χ0n) is 8.59. The van der Waals surface area contributed by atoms with Crippen LogP contribution in [0.2, 0.25) is 0 Å². The molecule has 0 amide bonds. The molecule has 1 heterocycles. The molecule has 7 heteroatoms. The minimum absolute atomic E-state index is 0.0437. The summed E-state index contributed by atoms with van der Waals surface area (Å²) in [4.78, 5) is 14.0. The average Bonchev–Trinajstić information content (AvgIpc) is 2.76. The first-order valence-electron chi connectivity index (χ1n) is 4.71. The van der Waals surface area contributed by atoms with E-state index in [0.29, 0.717) is 0 Å². The molecule has 0 saturated heterocycles. The Morgan fingerprint density at radius 1 is 1.53 bits per heavy atom. The normalized spacial score (nSPS) is 10.5. The second-order valence-electron chi connectivity index (χ2n) is 3.24. The van der Waals surface area contributed by atoms with Crippen molar-refractivity contribution in [1.82, 2.24) is 4.98 Å². The summed E-state index contributed by atoms with van der Waals surface area (Å²) in [6.45, 7) is 0.0725. The van der Waals surface area contributed by atoms with Gasteiger partial charge in [0.25, 0.3) is 5.69 Å². The standard InChI is InChI=1S/C10H8FN3O3/c11-6-1-2-8(14(15)16)7(3-6)9-5-13-10(4-12)17-9/h1-3,5H,4,12H2. The van der Waals surface area contributed by atoms with E-state index in [9.17, 15) is 14.5 Å². The Morgan fingerprint density at radius 3 is 2.88 bits per heavy atom. The van der Waals surface area contributed by atoms with Crippen LogP contribution in [0.3, 0.4) is 0 Å². The summed E-state index contributed by atoms with van der Waals surface area (Å²) < 4.78 is 18.2. The lowest BCUT2D eigenvalue weighted by molar-refractivity contribution is -0.384. The van der Waals surface area contributed by atoms with Crippen LogP contribution in [-0.4, -0.2) is 9.91 Å². The predicted molar refractivity (Wildman–Crippen MR) is 56.4 cm³/mol. The van der Waals surface area contributed by atoms with E-state index in [-0.39, 0.29) is 29.4 Å². The predicted octanol–water partition coefficient (Wildman–Crippen LogP) is 1.85. The van der Waals surface area contributed by atoms with Gasteiger partial charge in [0.2, 0.25) is 5.89 Å². The second kappa shape index (κ2) is 4.30. The highest BCUT2D eigenvalue weighted by Crippen LogP contribution is 2.30. The fourth-order valence-corrected chi connectivity index (χ4v) is 1.39. The van der Waals surface area contributed by atoms with Gasteiger partial charge < -0.3 is 10.2 Å². The maximum atomic E-state index is 13.1. The third-order valence-electron chi connectivity index (χ3n) is 2.15. The van der Waals surface area contributed by atoms with E-state index in [1.807, 2.05) is 0 Å². The molecule has 0 aliphatic heterocycles. The van der Waals surface area contributed by atoms with Gasteiger partial charge in [-0.25, -0.2) is 9.37 Å². The first-order valence-corrected chi connectivity index (χ1v) is 4.71. The fourth-order valence-electron chi connectivity index (χ4n) is 1.39. The number of hydrogen-bond acceptors (Lipinski definition) is 5. The quantitative estimate of drug-likeness (QED) is 0.649. The smallest absolute Gasteiger partial charge is 0.280 e. The van der Waals surface area contributed by atoms with Crippen molar-refractivity contribution in [3.63, 3.8) is 0 Å². The van der Waals surface area contributed by atoms with Crippen molar-refractivity contribution in [2.75, 3.05) is 0 Å². The zero-order valence-corrected chi connectivity index (χ0v) is 8.59. The summed E-state index contributed by atoms with van der Waals surface area (Å²) in [5, 5.41) is 10.8. The number of rotatable bonds is 3. The van der Waals surface area contributed by atoms with Crippen LogP contribution in [0.1, 0.15) is 5.89 Å². The van der Waals surface area contributed by atoms with Crippen LogP contribution < -0.4 is 5.73 Å². The van der Waals surface area contributed by atoms with Crippen molar-refractivity contribution in [2.24, 2.45) is 5.73 Å². The molecule has 0 atom stereocenters. The van der Waals surface area contributed by atoms with Crippen molar-refractivity contribution in [3.05, 3.63) is 46.2 Å². The van der Waals surface area contributed by atoms with E-state index in [4.69, 9.17) is 10.2 Å². The third-order valence-corrected chi connectivity index (χ3v) is 2.15. The van der Waals surface area contributed by atoms with E-state index in [0.717, 1.165) is 18.2 Å². The first-order chi connectivity index (χ1) is 8.11. The van der Waals surface area contributed by atoms with Crippen molar-refractivity contribution in [3.8, 4) is 11.3 Å². The highest BCUT2D eigenvalue weighted by Gasteiger charge is 2.19. The average molecular weight is 237 g/mol. The number of benzene rings is 1. The van der Waals surface area contributed by atoms with E-state index < -0.39 is 10.7 Å². The molecule has 2 N–H and O–H groups in total. The van der Waals surface area contributed by atoms with Crippen LogP contribution in [0.4, 0.5) is 10.1 Å². The summed E-state index contributed by atoms with van der Waals surface area (Å²) in [5.74, 6) is -0.230. The molecule has 0 bridgehead atoms. The Kier molecular flexibility index (Phi) is 2.84. The van der Waals surface area contributed by atoms with E-state index >= 15 is 0 Å². The Hall–Kier alpha value is -2.28. The number of nitro groups is 1. The number of halogens is 1. The SMILES string of the molecule is NCc1ncc(-c2cc(F)ccc2[N+](=O)[O-])o1. The van der Waals surface area contributed by atoms with Crippen LogP contribution in [0, 0.1) is 15.9 Å². The number of hydrogen-bond donors (Lipinski definition) is 1. The highest BCUT2D eigenvalue weighted by atomic mass is 19.1. The first kappa shape index (κ1) is 11.2. The number of nitro benzene ring substituents is 1. The van der Waals surface area contributed by atoms with Crippen molar-refractivity contribution in [1.29, 1.82) is 0 Å². The summed E-state index contributed by atoms with van der Waals surface area (Å²) in [7, 11) is 0. The molecule has 0 radical (unpaired) electrons. The molecule has 6 nitrogen and oxygen atoms in total. The van der Waals surface area contributed by atoms with Gasteiger partial charge in [0.1, 0.15) is 5.82 Å². The minimum atomic E-state index is -0.612. The maximum absolute atomic E-state index is 13.1. The Bertz CT molecular complexity index is 568. The number of oxazole rings is 1. The Morgan fingerprint density at radius 2 is 2.29 bits per heavy atom. The molecule has 0 fully saturated rings. The minimum Gasteiger partial charge on any atom is -0.439 e. The van der Waals surface area contributed by atoms with Crippen LogP contribution in [-0.2, 0) is 6.54 Å². The topological polar surface area (TPSA) is 95.2 Å². The number of nitrogens with zero attached hydrogens (tertiary/aromatic N) is 2. The van der Waals surface area contributed by atoms with Gasteiger partial charge in [-0.3, -0.25) is 10.1 Å². The maximum Gasteiger partial charge on any atom is 0.280 e. The van der Waals surface area contributed by atoms with Gasteiger partial charge in [-0.15, -0.1) is 0 Å². The lowest BCUT2D eigenvalue weighted by Crippen LogP contribution is -1.95. The molecule has 1 aromatic heterocycles. The van der Waals surface area contributed by atoms with E-state index in [1.165, 1.54) is 6.20 Å².